The van der Waals surface area contributed by atoms with Gasteiger partial charge in [-0.3, -0.25) is 0 Å². The highest BCUT2D eigenvalue weighted by molar-refractivity contribution is 7.89. The van der Waals surface area contributed by atoms with Crippen LogP contribution in [0.5, 0.6) is 0 Å². The SMILES string of the molecule is COC(=O)c1ccc(C(=O)OC)c(S(=O)(=O)NNc2c(Cl)cc(Cl)cc2Cl)c1. The van der Waals surface area contributed by atoms with E-state index in [-0.39, 0.29) is 31.9 Å². The Morgan fingerprint density at radius 2 is 1.50 bits per heavy atom. The Labute approximate surface area is 175 Å². The number of carbonyl (C=O) groups excluding carboxylic acids is 2. The van der Waals surface area contributed by atoms with Crippen molar-refractivity contribution in [1.82, 2.24) is 4.83 Å². The first-order valence-electron chi connectivity index (χ1n) is 7.33. The predicted octanol–water partition coefficient (Wildman–Crippen LogP) is 3.53. The van der Waals surface area contributed by atoms with Gasteiger partial charge in [-0.15, -0.1) is 4.83 Å². The molecule has 0 radical (unpaired) electrons. The van der Waals surface area contributed by atoms with E-state index in [1.165, 1.54) is 18.2 Å². The minimum Gasteiger partial charge on any atom is -0.465 e. The molecule has 150 valence electrons. The van der Waals surface area contributed by atoms with Crippen LogP contribution in [0, 0.1) is 0 Å². The molecule has 8 nitrogen and oxygen atoms in total. The van der Waals surface area contributed by atoms with E-state index in [4.69, 9.17) is 34.8 Å². The molecule has 28 heavy (non-hydrogen) atoms. The summed E-state index contributed by atoms with van der Waals surface area (Å²) in [7, 11) is -2.15. The van der Waals surface area contributed by atoms with Gasteiger partial charge in [0.25, 0.3) is 10.0 Å². The van der Waals surface area contributed by atoms with Crippen LogP contribution >= 0.6 is 34.8 Å². The number of hydrazine groups is 1. The summed E-state index contributed by atoms with van der Waals surface area (Å²) in [6.45, 7) is 0. The van der Waals surface area contributed by atoms with Crippen molar-refractivity contribution in [2.24, 2.45) is 0 Å². The minimum absolute atomic E-state index is 0.0417. The lowest BCUT2D eigenvalue weighted by Gasteiger charge is -2.15. The van der Waals surface area contributed by atoms with Gasteiger partial charge < -0.3 is 14.9 Å². The van der Waals surface area contributed by atoms with Gasteiger partial charge in [0.1, 0.15) is 0 Å². The van der Waals surface area contributed by atoms with Crippen LogP contribution in [0.15, 0.2) is 35.2 Å². The van der Waals surface area contributed by atoms with Gasteiger partial charge >= 0.3 is 11.9 Å². The van der Waals surface area contributed by atoms with Crippen LogP contribution < -0.4 is 10.3 Å². The molecule has 2 N–H and O–H groups in total. The van der Waals surface area contributed by atoms with Crippen molar-refractivity contribution in [3.05, 3.63) is 56.5 Å². The maximum absolute atomic E-state index is 12.8. The second-order valence-corrected chi connectivity index (χ2v) is 8.07. The molecule has 0 saturated heterocycles. The summed E-state index contributed by atoms with van der Waals surface area (Å²) in [5.41, 5.74) is 2.03. The van der Waals surface area contributed by atoms with Gasteiger partial charge in [0.05, 0.1) is 46.0 Å². The lowest BCUT2D eigenvalue weighted by molar-refractivity contribution is 0.0583. The van der Waals surface area contributed by atoms with Crippen LogP contribution in [0.3, 0.4) is 0 Å². The number of hydrogen-bond acceptors (Lipinski definition) is 7. The van der Waals surface area contributed by atoms with E-state index in [0.29, 0.717) is 0 Å². The number of carbonyl (C=O) groups is 2. The number of rotatable bonds is 6. The van der Waals surface area contributed by atoms with Crippen LogP contribution in [0.4, 0.5) is 5.69 Å². The van der Waals surface area contributed by atoms with E-state index >= 15 is 0 Å². The number of nitrogens with one attached hydrogen (secondary N) is 2. The highest BCUT2D eigenvalue weighted by Crippen LogP contribution is 2.33. The topological polar surface area (TPSA) is 111 Å². The third-order valence-electron chi connectivity index (χ3n) is 3.41. The van der Waals surface area contributed by atoms with Crippen molar-refractivity contribution in [3.8, 4) is 0 Å². The van der Waals surface area contributed by atoms with Crippen molar-refractivity contribution in [2.75, 3.05) is 19.6 Å². The zero-order valence-corrected chi connectivity index (χ0v) is 17.5. The number of benzene rings is 2. The Bertz CT molecular complexity index is 1020. The quantitative estimate of drug-likeness (QED) is 0.494. The Kier molecular flexibility index (Phi) is 7.13. The molecule has 0 saturated carbocycles. The maximum Gasteiger partial charge on any atom is 0.339 e. The Morgan fingerprint density at radius 3 is 2.04 bits per heavy atom. The largest absolute Gasteiger partial charge is 0.465 e. The summed E-state index contributed by atoms with van der Waals surface area (Å²) >= 11 is 17.8. The molecule has 2 aromatic rings. The molecule has 0 fully saturated rings. The molecule has 12 heteroatoms. The van der Waals surface area contributed by atoms with Crippen LogP contribution in [-0.4, -0.2) is 34.6 Å². The first-order chi connectivity index (χ1) is 13.1. The average Bonchev–Trinajstić information content (AvgIpc) is 2.65. The number of hydrogen-bond donors (Lipinski definition) is 2. The Balaban J connectivity index is 2.46. The first-order valence-corrected chi connectivity index (χ1v) is 9.95. The molecule has 0 spiro atoms. The van der Waals surface area contributed by atoms with Crippen LogP contribution in [0.1, 0.15) is 20.7 Å². The summed E-state index contributed by atoms with van der Waals surface area (Å²) in [5.74, 6) is -1.70. The monoisotopic (exact) mass is 466 g/mol. The Morgan fingerprint density at radius 1 is 0.929 bits per heavy atom. The predicted molar refractivity (Wildman–Crippen MR) is 105 cm³/mol. The fourth-order valence-electron chi connectivity index (χ4n) is 2.10. The summed E-state index contributed by atoms with van der Waals surface area (Å²) in [4.78, 5) is 25.2. The number of methoxy groups -OCH3 is 2. The highest BCUT2D eigenvalue weighted by Gasteiger charge is 2.25. The summed E-state index contributed by atoms with van der Waals surface area (Å²) in [6.07, 6.45) is 0. The molecule has 0 atom stereocenters. The Hall–Kier alpha value is -2.04. The van der Waals surface area contributed by atoms with E-state index in [1.54, 1.807) is 0 Å². The van der Waals surface area contributed by atoms with Gasteiger partial charge in [0.2, 0.25) is 0 Å². The second kappa shape index (κ2) is 8.97. The van der Waals surface area contributed by atoms with E-state index in [0.717, 1.165) is 26.4 Å². The lowest BCUT2D eigenvalue weighted by Crippen LogP contribution is -2.31. The van der Waals surface area contributed by atoms with Gasteiger partial charge in [-0.1, -0.05) is 34.8 Å². The number of halogens is 3. The number of anilines is 1. The molecule has 0 unspecified atom stereocenters. The van der Waals surface area contributed by atoms with Crippen LogP contribution in [0.2, 0.25) is 15.1 Å². The van der Waals surface area contributed by atoms with Gasteiger partial charge in [-0.05, 0) is 30.3 Å². The van der Waals surface area contributed by atoms with Crippen LogP contribution in [0.25, 0.3) is 0 Å². The van der Waals surface area contributed by atoms with Gasteiger partial charge in [0.15, 0.2) is 0 Å². The number of sulfonamides is 1. The standard InChI is InChI=1S/C16H13Cl3N2O6S/c1-26-15(22)8-3-4-10(16(23)27-2)13(5-8)28(24,25)21-20-14-11(18)6-9(17)7-12(14)19/h3-7,20-21H,1-2H3. The van der Waals surface area contributed by atoms with Gasteiger partial charge in [0, 0.05) is 5.02 Å². The van der Waals surface area contributed by atoms with E-state index < -0.39 is 26.9 Å². The third-order valence-corrected chi connectivity index (χ3v) is 5.52. The van der Waals surface area contributed by atoms with Crippen molar-refractivity contribution < 1.29 is 27.5 Å². The van der Waals surface area contributed by atoms with Gasteiger partial charge in [-0.25, -0.2) is 18.0 Å². The maximum atomic E-state index is 12.8. The summed E-state index contributed by atoms with van der Waals surface area (Å²) in [5, 5.41) is 0.357. The van der Waals surface area contributed by atoms with E-state index in [2.05, 4.69) is 14.9 Å². The second-order valence-electron chi connectivity index (χ2n) is 5.17. The summed E-state index contributed by atoms with van der Waals surface area (Å²) in [6, 6.07) is 6.05. The summed E-state index contributed by atoms with van der Waals surface area (Å²) < 4.78 is 34.7. The van der Waals surface area contributed by atoms with Crippen molar-refractivity contribution in [3.63, 3.8) is 0 Å². The number of esters is 2. The molecular formula is C16H13Cl3N2O6S. The molecule has 0 aromatic heterocycles. The first kappa shape index (κ1) is 22.3. The average molecular weight is 468 g/mol. The fraction of sp³-hybridized carbons (Fsp3) is 0.125. The molecule has 0 aliphatic heterocycles. The zero-order valence-electron chi connectivity index (χ0n) is 14.4. The van der Waals surface area contributed by atoms with Crippen LogP contribution in [-0.2, 0) is 19.5 Å². The van der Waals surface area contributed by atoms with Crippen molar-refractivity contribution >= 4 is 62.5 Å². The normalized spacial score (nSPS) is 11.0. The fourth-order valence-corrected chi connectivity index (χ4v) is 4.08. The molecule has 0 heterocycles. The molecule has 2 aromatic carbocycles. The molecule has 2 rings (SSSR count). The van der Waals surface area contributed by atoms with Crippen molar-refractivity contribution in [2.45, 2.75) is 4.90 Å². The zero-order chi connectivity index (χ0) is 21.1. The smallest absolute Gasteiger partial charge is 0.339 e. The lowest BCUT2D eigenvalue weighted by atomic mass is 10.1. The molecule has 0 bridgehead atoms. The van der Waals surface area contributed by atoms with E-state index in [9.17, 15) is 18.0 Å². The highest BCUT2D eigenvalue weighted by atomic mass is 35.5. The molecule has 0 aliphatic rings. The third kappa shape index (κ3) is 4.86. The minimum atomic E-state index is -4.37. The van der Waals surface area contributed by atoms with Gasteiger partial charge in [-0.2, -0.15) is 0 Å². The van der Waals surface area contributed by atoms with E-state index in [1.807, 2.05) is 4.83 Å². The molecule has 0 aliphatic carbocycles. The molecule has 0 amide bonds. The van der Waals surface area contributed by atoms with Crippen molar-refractivity contribution in [1.29, 1.82) is 0 Å². The molecular weight excluding hydrogens is 455 g/mol. The number of ether oxygens (including phenoxy) is 2.